The molecule has 18 heavy (non-hydrogen) atoms. The van der Waals surface area contributed by atoms with E-state index in [0.29, 0.717) is 6.42 Å². The number of nitrogens with two attached hydrogens (primary N) is 1. The summed E-state index contributed by atoms with van der Waals surface area (Å²) < 4.78 is 5.31. The molecule has 0 spiro atoms. The van der Waals surface area contributed by atoms with Gasteiger partial charge in [-0.3, -0.25) is 14.7 Å². The van der Waals surface area contributed by atoms with Crippen molar-refractivity contribution >= 4 is 5.91 Å². The third kappa shape index (κ3) is 3.05. The number of pyridine rings is 1. The molecule has 2 N–H and O–H groups in total. The highest BCUT2D eigenvalue weighted by Crippen LogP contribution is 2.19. The lowest BCUT2D eigenvalue weighted by molar-refractivity contribution is -0.122. The zero-order valence-corrected chi connectivity index (χ0v) is 10.6. The summed E-state index contributed by atoms with van der Waals surface area (Å²) in [4.78, 5) is 17.8. The fourth-order valence-corrected chi connectivity index (χ4v) is 2.38. The van der Waals surface area contributed by atoms with Crippen LogP contribution in [0.15, 0.2) is 24.4 Å². The molecule has 98 valence electrons. The van der Waals surface area contributed by atoms with Gasteiger partial charge in [-0.05, 0) is 18.6 Å². The largest absolute Gasteiger partial charge is 0.380 e. The quantitative estimate of drug-likeness (QED) is 0.809. The highest BCUT2D eigenvalue weighted by molar-refractivity contribution is 5.80. The third-order valence-corrected chi connectivity index (χ3v) is 3.41. The lowest BCUT2D eigenvalue weighted by Gasteiger charge is -2.21. The standard InChI is InChI=1S/C13H19N3O2/c1-18-11-8-12(13(14)17)16(9-11)7-5-10-4-2-3-6-15-10/h2-4,6,11-12H,5,7-9H2,1H3,(H2,14,17)/t11-,12-/m0/s1. The second-order valence-electron chi connectivity index (χ2n) is 4.58. The van der Waals surface area contributed by atoms with Gasteiger partial charge in [-0.25, -0.2) is 0 Å². The molecule has 1 aliphatic heterocycles. The Morgan fingerprint density at radius 3 is 3.06 bits per heavy atom. The Bertz CT molecular complexity index is 396. The van der Waals surface area contributed by atoms with E-state index in [1.165, 1.54) is 0 Å². The number of nitrogens with zero attached hydrogens (tertiary/aromatic N) is 2. The fourth-order valence-electron chi connectivity index (χ4n) is 2.38. The van der Waals surface area contributed by atoms with E-state index >= 15 is 0 Å². The molecule has 1 aromatic heterocycles. The second-order valence-corrected chi connectivity index (χ2v) is 4.58. The number of amides is 1. The van der Waals surface area contributed by atoms with Gasteiger partial charge in [-0.1, -0.05) is 6.07 Å². The molecular weight excluding hydrogens is 230 g/mol. The van der Waals surface area contributed by atoms with Crippen LogP contribution >= 0.6 is 0 Å². The van der Waals surface area contributed by atoms with Crippen molar-refractivity contribution in [3.8, 4) is 0 Å². The molecule has 1 amide bonds. The van der Waals surface area contributed by atoms with Gasteiger partial charge in [0.25, 0.3) is 0 Å². The van der Waals surface area contributed by atoms with Gasteiger partial charge in [0.1, 0.15) is 0 Å². The number of aromatic nitrogens is 1. The Morgan fingerprint density at radius 2 is 2.44 bits per heavy atom. The summed E-state index contributed by atoms with van der Waals surface area (Å²) in [6.07, 6.45) is 3.39. The Balaban J connectivity index is 1.93. The summed E-state index contributed by atoms with van der Waals surface area (Å²) in [6.45, 7) is 1.54. The Morgan fingerprint density at radius 1 is 1.61 bits per heavy atom. The molecule has 2 rings (SSSR count). The van der Waals surface area contributed by atoms with Crippen LogP contribution < -0.4 is 5.73 Å². The van der Waals surface area contributed by atoms with E-state index in [-0.39, 0.29) is 18.1 Å². The van der Waals surface area contributed by atoms with Gasteiger partial charge in [0.05, 0.1) is 12.1 Å². The summed E-state index contributed by atoms with van der Waals surface area (Å²) in [5.41, 5.74) is 6.45. The van der Waals surface area contributed by atoms with E-state index in [0.717, 1.165) is 25.2 Å². The van der Waals surface area contributed by atoms with Crippen LogP contribution in [-0.2, 0) is 16.0 Å². The van der Waals surface area contributed by atoms with Crippen molar-refractivity contribution in [1.29, 1.82) is 0 Å². The van der Waals surface area contributed by atoms with E-state index in [2.05, 4.69) is 9.88 Å². The maximum atomic E-state index is 11.4. The maximum Gasteiger partial charge on any atom is 0.234 e. The SMILES string of the molecule is CO[C@H]1C[C@@H](C(N)=O)N(CCc2ccccn2)C1. The number of hydrogen-bond donors (Lipinski definition) is 1. The summed E-state index contributed by atoms with van der Waals surface area (Å²) in [6, 6.07) is 5.64. The van der Waals surface area contributed by atoms with Crippen LogP contribution in [0.4, 0.5) is 0 Å². The van der Waals surface area contributed by atoms with Crippen LogP contribution in [0.5, 0.6) is 0 Å². The number of likely N-dealkylation sites (tertiary alicyclic amines) is 1. The van der Waals surface area contributed by atoms with E-state index < -0.39 is 0 Å². The molecule has 0 radical (unpaired) electrons. The lowest BCUT2D eigenvalue weighted by atomic mass is 10.2. The monoisotopic (exact) mass is 249 g/mol. The number of ether oxygens (including phenoxy) is 1. The molecule has 0 saturated carbocycles. The summed E-state index contributed by atoms with van der Waals surface area (Å²) >= 11 is 0. The van der Waals surface area contributed by atoms with Crippen LogP contribution in [-0.4, -0.2) is 48.1 Å². The van der Waals surface area contributed by atoms with Crippen molar-refractivity contribution < 1.29 is 9.53 Å². The van der Waals surface area contributed by atoms with Gasteiger partial charge in [0.2, 0.25) is 5.91 Å². The molecule has 1 aliphatic rings. The minimum atomic E-state index is -0.268. The molecule has 0 bridgehead atoms. The zero-order valence-electron chi connectivity index (χ0n) is 10.6. The van der Waals surface area contributed by atoms with Crippen molar-refractivity contribution in [1.82, 2.24) is 9.88 Å². The van der Waals surface area contributed by atoms with Gasteiger partial charge in [0, 0.05) is 38.5 Å². The molecule has 0 aromatic carbocycles. The normalized spacial score (nSPS) is 24.3. The lowest BCUT2D eigenvalue weighted by Crippen LogP contribution is -2.41. The first kappa shape index (κ1) is 13.0. The van der Waals surface area contributed by atoms with Gasteiger partial charge in [-0.2, -0.15) is 0 Å². The first-order valence-corrected chi connectivity index (χ1v) is 6.16. The molecular formula is C13H19N3O2. The third-order valence-electron chi connectivity index (χ3n) is 3.41. The predicted molar refractivity (Wildman–Crippen MR) is 67.9 cm³/mol. The van der Waals surface area contributed by atoms with Crippen LogP contribution in [0.3, 0.4) is 0 Å². The summed E-state index contributed by atoms with van der Waals surface area (Å²) in [7, 11) is 1.67. The molecule has 1 saturated heterocycles. The Labute approximate surface area is 107 Å². The second kappa shape index (κ2) is 5.93. The van der Waals surface area contributed by atoms with E-state index in [1.54, 1.807) is 13.3 Å². The summed E-state index contributed by atoms with van der Waals surface area (Å²) in [5, 5.41) is 0. The van der Waals surface area contributed by atoms with Crippen molar-refractivity contribution in [2.45, 2.75) is 25.0 Å². The van der Waals surface area contributed by atoms with Crippen LogP contribution in [0.1, 0.15) is 12.1 Å². The van der Waals surface area contributed by atoms with Crippen molar-refractivity contribution in [3.05, 3.63) is 30.1 Å². The topological polar surface area (TPSA) is 68.5 Å². The maximum absolute atomic E-state index is 11.4. The Kier molecular flexibility index (Phi) is 4.28. The number of methoxy groups -OCH3 is 1. The van der Waals surface area contributed by atoms with Gasteiger partial charge >= 0.3 is 0 Å². The highest BCUT2D eigenvalue weighted by Gasteiger charge is 2.35. The first-order chi connectivity index (χ1) is 8.70. The fraction of sp³-hybridized carbons (Fsp3) is 0.538. The van der Waals surface area contributed by atoms with E-state index in [1.807, 2.05) is 18.2 Å². The van der Waals surface area contributed by atoms with Crippen LogP contribution in [0.2, 0.25) is 0 Å². The number of primary amides is 1. The van der Waals surface area contributed by atoms with Gasteiger partial charge in [-0.15, -0.1) is 0 Å². The number of hydrogen-bond acceptors (Lipinski definition) is 4. The minimum absolute atomic E-state index is 0.103. The first-order valence-electron chi connectivity index (χ1n) is 6.16. The smallest absolute Gasteiger partial charge is 0.234 e. The molecule has 0 unspecified atom stereocenters. The molecule has 5 nitrogen and oxygen atoms in total. The number of carbonyl (C=O) groups excluding carboxylic acids is 1. The van der Waals surface area contributed by atoms with E-state index in [9.17, 15) is 4.79 Å². The van der Waals surface area contributed by atoms with Crippen LogP contribution in [0, 0.1) is 0 Å². The van der Waals surface area contributed by atoms with Crippen molar-refractivity contribution in [2.24, 2.45) is 5.73 Å². The number of rotatable bonds is 5. The molecule has 5 heteroatoms. The molecule has 0 aliphatic carbocycles. The summed E-state index contributed by atoms with van der Waals surface area (Å²) in [5.74, 6) is -0.268. The zero-order chi connectivity index (χ0) is 13.0. The van der Waals surface area contributed by atoms with Gasteiger partial charge < -0.3 is 10.5 Å². The van der Waals surface area contributed by atoms with Gasteiger partial charge in [0.15, 0.2) is 0 Å². The average molecular weight is 249 g/mol. The molecule has 1 fully saturated rings. The van der Waals surface area contributed by atoms with Crippen LogP contribution in [0.25, 0.3) is 0 Å². The molecule has 1 aromatic rings. The average Bonchev–Trinajstić information content (AvgIpc) is 2.81. The van der Waals surface area contributed by atoms with E-state index in [4.69, 9.17) is 10.5 Å². The van der Waals surface area contributed by atoms with Crippen molar-refractivity contribution in [3.63, 3.8) is 0 Å². The highest BCUT2D eigenvalue weighted by atomic mass is 16.5. The Hall–Kier alpha value is -1.46. The predicted octanol–water partition coefficient (Wildman–Crippen LogP) is 0.199. The van der Waals surface area contributed by atoms with Crippen molar-refractivity contribution in [2.75, 3.05) is 20.2 Å². The molecule has 2 atom stereocenters. The number of carbonyl (C=O) groups is 1. The molecule has 2 heterocycles. The minimum Gasteiger partial charge on any atom is -0.380 e.